The van der Waals surface area contributed by atoms with Gasteiger partial charge in [0.2, 0.25) is 5.91 Å². The van der Waals surface area contributed by atoms with Crippen LogP contribution in [0.2, 0.25) is 0 Å². The first-order chi connectivity index (χ1) is 15.8. The van der Waals surface area contributed by atoms with Crippen LogP contribution >= 0.6 is 0 Å². The summed E-state index contributed by atoms with van der Waals surface area (Å²) in [6, 6.07) is 7.75. The fourth-order valence-corrected chi connectivity index (χ4v) is 6.01. The maximum absolute atomic E-state index is 14.1. The molecule has 1 aromatic heterocycles. The van der Waals surface area contributed by atoms with E-state index >= 15 is 0 Å². The number of carbonyl (C=O) groups excluding carboxylic acids is 2. The Morgan fingerprint density at radius 2 is 1.82 bits per heavy atom. The van der Waals surface area contributed by atoms with Crippen LogP contribution in [-0.4, -0.2) is 99.1 Å². The Balaban J connectivity index is 1.52. The highest BCUT2D eigenvalue weighted by Crippen LogP contribution is 2.48. The quantitative estimate of drug-likeness (QED) is 0.705. The lowest BCUT2D eigenvalue weighted by Crippen LogP contribution is -2.77. The first kappa shape index (κ1) is 22.1. The van der Waals surface area contributed by atoms with Crippen molar-refractivity contribution in [1.82, 2.24) is 29.4 Å². The molecule has 0 saturated carbocycles. The molecule has 8 nitrogen and oxygen atoms in total. The van der Waals surface area contributed by atoms with Crippen molar-refractivity contribution in [2.24, 2.45) is 7.05 Å². The number of rotatable bonds is 4. The molecular formula is C25H34N6O2. The average Bonchev–Trinajstić information content (AvgIpc) is 3.17. The summed E-state index contributed by atoms with van der Waals surface area (Å²) in [5, 5.41) is 4.29. The summed E-state index contributed by atoms with van der Waals surface area (Å²) in [5.74, 6) is -0.138. The number of nitrogens with zero attached hydrogens (tertiary/aromatic N) is 6. The molecule has 3 aliphatic heterocycles. The smallest absolute Gasteiger partial charge is 0.254 e. The summed E-state index contributed by atoms with van der Waals surface area (Å²) >= 11 is 0. The first-order valence-corrected chi connectivity index (χ1v) is 11.9. The van der Waals surface area contributed by atoms with E-state index in [0.29, 0.717) is 18.7 Å². The Morgan fingerprint density at radius 3 is 2.45 bits per heavy atom. The van der Waals surface area contributed by atoms with Gasteiger partial charge in [0.25, 0.3) is 5.91 Å². The Labute approximate surface area is 195 Å². The molecule has 33 heavy (non-hydrogen) atoms. The number of piperazine rings is 1. The van der Waals surface area contributed by atoms with Crippen molar-refractivity contribution in [2.45, 2.75) is 37.9 Å². The molecule has 1 unspecified atom stereocenters. The summed E-state index contributed by atoms with van der Waals surface area (Å²) in [6.45, 7) is 9.50. The van der Waals surface area contributed by atoms with Gasteiger partial charge in [0.15, 0.2) is 0 Å². The highest BCUT2D eigenvalue weighted by Gasteiger charge is 2.61. The number of hydrogen-bond acceptors (Lipinski definition) is 5. The molecule has 3 aliphatic rings. The van der Waals surface area contributed by atoms with E-state index in [1.807, 2.05) is 58.2 Å². The van der Waals surface area contributed by atoms with Crippen molar-refractivity contribution in [3.8, 4) is 0 Å². The van der Waals surface area contributed by atoms with E-state index in [9.17, 15) is 9.59 Å². The molecule has 0 radical (unpaired) electrons. The molecule has 5 rings (SSSR count). The SMILES string of the molecule is CC(C)N1C(=O)c2ccccc2C(C(=O)N2CCN(C)CC2)C12CN(Cc1cnn(C)c1)C2. The van der Waals surface area contributed by atoms with Gasteiger partial charge in [-0.2, -0.15) is 5.10 Å². The summed E-state index contributed by atoms with van der Waals surface area (Å²) in [5.41, 5.74) is 2.19. The number of amides is 2. The molecule has 2 fully saturated rings. The monoisotopic (exact) mass is 450 g/mol. The topological polar surface area (TPSA) is 64.9 Å². The standard InChI is InChI=1S/C25H34N6O2/c1-18(2)31-23(32)21-8-6-5-7-20(21)22(24(33)30-11-9-27(3)10-12-30)25(31)16-29(17-25)15-19-13-26-28(4)14-19/h5-8,13-14,18,22H,9-12,15-17H2,1-4H3. The minimum Gasteiger partial charge on any atom is -0.340 e. The van der Waals surface area contributed by atoms with Gasteiger partial charge >= 0.3 is 0 Å². The van der Waals surface area contributed by atoms with E-state index < -0.39 is 5.54 Å². The van der Waals surface area contributed by atoms with Gasteiger partial charge in [0.05, 0.1) is 17.7 Å². The van der Waals surface area contributed by atoms with E-state index in [1.165, 1.54) is 0 Å². The highest BCUT2D eigenvalue weighted by atomic mass is 16.2. The van der Waals surface area contributed by atoms with Gasteiger partial charge in [-0.15, -0.1) is 0 Å². The van der Waals surface area contributed by atoms with Crippen molar-refractivity contribution < 1.29 is 9.59 Å². The largest absolute Gasteiger partial charge is 0.340 e. The minimum atomic E-state index is -0.526. The number of likely N-dealkylation sites (N-methyl/N-ethyl adjacent to an activating group) is 1. The fraction of sp³-hybridized carbons (Fsp3) is 0.560. The van der Waals surface area contributed by atoms with Gasteiger partial charge in [0, 0.05) is 76.2 Å². The zero-order chi connectivity index (χ0) is 23.3. The lowest BCUT2D eigenvalue weighted by Gasteiger charge is -2.62. The second-order valence-corrected chi connectivity index (χ2v) is 10.2. The second-order valence-electron chi connectivity index (χ2n) is 10.2. The molecule has 4 heterocycles. The molecule has 1 aromatic carbocycles. The second kappa shape index (κ2) is 8.25. The van der Waals surface area contributed by atoms with Crippen LogP contribution in [0.1, 0.15) is 41.3 Å². The number of aromatic nitrogens is 2. The summed E-state index contributed by atoms with van der Waals surface area (Å²) in [4.78, 5) is 36.4. The van der Waals surface area contributed by atoms with Crippen LogP contribution in [0.25, 0.3) is 0 Å². The lowest BCUT2D eigenvalue weighted by atomic mass is 9.67. The predicted octanol–water partition coefficient (Wildman–Crippen LogP) is 1.40. The normalized spacial score (nSPS) is 23.2. The Morgan fingerprint density at radius 1 is 1.12 bits per heavy atom. The first-order valence-electron chi connectivity index (χ1n) is 11.9. The zero-order valence-electron chi connectivity index (χ0n) is 20.1. The molecule has 2 saturated heterocycles. The lowest BCUT2D eigenvalue weighted by molar-refractivity contribution is -0.146. The molecule has 2 aromatic rings. The third-order valence-corrected chi connectivity index (χ3v) is 7.48. The van der Waals surface area contributed by atoms with Crippen LogP contribution in [0.3, 0.4) is 0 Å². The fourth-order valence-electron chi connectivity index (χ4n) is 6.01. The third-order valence-electron chi connectivity index (χ3n) is 7.48. The van der Waals surface area contributed by atoms with E-state index in [1.54, 1.807) is 0 Å². The van der Waals surface area contributed by atoms with Gasteiger partial charge in [-0.1, -0.05) is 18.2 Å². The maximum Gasteiger partial charge on any atom is 0.254 e. The summed E-state index contributed by atoms with van der Waals surface area (Å²) in [6.07, 6.45) is 3.92. The van der Waals surface area contributed by atoms with Crippen LogP contribution in [0.15, 0.2) is 36.7 Å². The number of carbonyl (C=O) groups is 2. The third kappa shape index (κ3) is 3.65. The van der Waals surface area contributed by atoms with Gasteiger partial charge in [-0.3, -0.25) is 19.2 Å². The molecule has 1 spiro atoms. The molecule has 0 N–H and O–H groups in total. The molecule has 0 aliphatic carbocycles. The van der Waals surface area contributed by atoms with Crippen molar-refractivity contribution >= 4 is 11.8 Å². The van der Waals surface area contributed by atoms with Gasteiger partial charge in [-0.05, 0) is 32.5 Å². The number of hydrogen-bond donors (Lipinski definition) is 0. The van der Waals surface area contributed by atoms with Gasteiger partial charge < -0.3 is 14.7 Å². The van der Waals surface area contributed by atoms with Gasteiger partial charge in [0.1, 0.15) is 0 Å². The molecule has 0 bridgehead atoms. The Kier molecular flexibility index (Phi) is 5.53. The van der Waals surface area contributed by atoms with Crippen LogP contribution in [0, 0.1) is 0 Å². The molecule has 2 amide bonds. The Hall–Kier alpha value is -2.71. The van der Waals surface area contributed by atoms with Crippen LogP contribution < -0.4 is 0 Å². The van der Waals surface area contributed by atoms with E-state index in [-0.39, 0.29) is 23.8 Å². The highest BCUT2D eigenvalue weighted by molar-refractivity contribution is 6.02. The van der Waals surface area contributed by atoms with Crippen LogP contribution in [-0.2, 0) is 18.4 Å². The predicted molar refractivity (Wildman–Crippen MR) is 126 cm³/mol. The minimum absolute atomic E-state index is 0.00851. The van der Waals surface area contributed by atoms with E-state index in [2.05, 4.69) is 35.8 Å². The van der Waals surface area contributed by atoms with Gasteiger partial charge in [-0.25, -0.2) is 0 Å². The molecule has 8 heteroatoms. The van der Waals surface area contributed by atoms with E-state index in [0.717, 1.165) is 43.9 Å². The summed E-state index contributed by atoms with van der Waals surface area (Å²) < 4.78 is 1.81. The van der Waals surface area contributed by atoms with Crippen molar-refractivity contribution in [1.29, 1.82) is 0 Å². The maximum atomic E-state index is 14.1. The van der Waals surface area contributed by atoms with Crippen LogP contribution in [0.5, 0.6) is 0 Å². The number of fused-ring (bicyclic) bond motifs is 1. The van der Waals surface area contributed by atoms with Crippen molar-refractivity contribution in [3.63, 3.8) is 0 Å². The number of aryl methyl sites for hydroxylation is 1. The number of benzene rings is 1. The Bertz CT molecular complexity index is 1050. The van der Waals surface area contributed by atoms with Crippen molar-refractivity contribution in [2.75, 3.05) is 46.3 Å². The molecular weight excluding hydrogens is 416 g/mol. The number of likely N-dealkylation sites (tertiary alicyclic amines) is 1. The molecule has 1 atom stereocenters. The van der Waals surface area contributed by atoms with Crippen LogP contribution in [0.4, 0.5) is 0 Å². The summed E-state index contributed by atoms with van der Waals surface area (Å²) in [7, 11) is 4.02. The van der Waals surface area contributed by atoms with Crippen molar-refractivity contribution in [3.05, 3.63) is 53.3 Å². The van der Waals surface area contributed by atoms with E-state index in [4.69, 9.17) is 0 Å². The average molecular weight is 451 g/mol. The zero-order valence-corrected chi connectivity index (χ0v) is 20.1. The molecule has 176 valence electrons.